The van der Waals surface area contributed by atoms with E-state index in [9.17, 15) is 9.59 Å². The molecule has 0 saturated carbocycles. The van der Waals surface area contributed by atoms with Gasteiger partial charge in [-0.2, -0.15) is 0 Å². The van der Waals surface area contributed by atoms with Crippen LogP contribution in [-0.2, 0) is 9.53 Å². The van der Waals surface area contributed by atoms with Crippen LogP contribution in [0, 0.1) is 0 Å². The van der Waals surface area contributed by atoms with Crippen LogP contribution in [0.1, 0.15) is 30.1 Å². The maximum Gasteiger partial charge on any atom is 0.340 e. The highest BCUT2D eigenvalue weighted by molar-refractivity contribution is 6.35. The molecule has 0 spiro atoms. The molecule has 0 heterocycles. The molecule has 5 nitrogen and oxygen atoms in total. The number of amides is 1. The lowest BCUT2D eigenvalue weighted by Crippen LogP contribution is -2.21. The summed E-state index contributed by atoms with van der Waals surface area (Å²) in [4.78, 5) is 24.3. The number of esters is 1. The zero-order chi connectivity index (χ0) is 18.9. The van der Waals surface area contributed by atoms with Gasteiger partial charge in [0, 0.05) is 17.3 Å². The first-order chi connectivity index (χ1) is 12.5. The van der Waals surface area contributed by atoms with Gasteiger partial charge in [-0.1, -0.05) is 48.7 Å². The van der Waals surface area contributed by atoms with Gasteiger partial charge in [-0.05, 0) is 36.8 Å². The van der Waals surface area contributed by atoms with Gasteiger partial charge in [-0.3, -0.25) is 4.79 Å². The van der Waals surface area contributed by atoms with Gasteiger partial charge in [-0.15, -0.1) is 0 Å². The van der Waals surface area contributed by atoms with Gasteiger partial charge in [-0.25, -0.2) is 4.79 Å². The highest BCUT2D eigenvalue weighted by Gasteiger charge is 2.15. The smallest absolute Gasteiger partial charge is 0.340 e. The molecule has 2 aromatic rings. The number of hydrogen-bond acceptors (Lipinski definition) is 4. The van der Waals surface area contributed by atoms with Crippen LogP contribution in [0.25, 0.3) is 0 Å². The van der Waals surface area contributed by atoms with Gasteiger partial charge in [0.1, 0.15) is 0 Å². The molecule has 26 heavy (non-hydrogen) atoms. The lowest BCUT2D eigenvalue weighted by molar-refractivity contribution is -0.119. The van der Waals surface area contributed by atoms with Crippen molar-refractivity contribution in [2.24, 2.45) is 0 Å². The first kappa shape index (κ1) is 20.1. The van der Waals surface area contributed by atoms with Gasteiger partial charge >= 0.3 is 5.97 Å². The minimum Gasteiger partial charge on any atom is -0.452 e. The van der Waals surface area contributed by atoms with Crippen molar-refractivity contribution in [1.82, 2.24) is 0 Å². The van der Waals surface area contributed by atoms with E-state index in [1.165, 1.54) is 6.07 Å². The minimum absolute atomic E-state index is 0.347. The van der Waals surface area contributed by atoms with E-state index in [1.807, 2.05) is 6.07 Å². The molecule has 2 N–H and O–H groups in total. The van der Waals surface area contributed by atoms with Crippen LogP contribution in [-0.4, -0.2) is 25.0 Å². The van der Waals surface area contributed by atoms with E-state index < -0.39 is 18.5 Å². The second kappa shape index (κ2) is 10.0. The standard InChI is InChI=1S/C19H20Cl2N2O3/c1-2-3-10-22-16-7-5-4-6-14(16)19(25)26-12-18(24)23-17-11-13(20)8-9-15(17)21/h4-9,11,22H,2-3,10,12H2,1H3,(H,23,24). The van der Waals surface area contributed by atoms with Crippen molar-refractivity contribution in [3.05, 3.63) is 58.1 Å². The summed E-state index contributed by atoms with van der Waals surface area (Å²) < 4.78 is 5.11. The maximum absolute atomic E-state index is 12.3. The second-order valence-corrected chi connectivity index (χ2v) is 6.42. The molecular weight excluding hydrogens is 375 g/mol. The second-order valence-electron chi connectivity index (χ2n) is 5.57. The molecule has 0 radical (unpaired) electrons. The molecule has 0 aliphatic heterocycles. The van der Waals surface area contributed by atoms with Crippen LogP contribution >= 0.6 is 23.2 Å². The van der Waals surface area contributed by atoms with Gasteiger partial charge in [0.05, 0.1) is 16.3 Å². The fraction of sp³-hybridized carbons (Fsp3) is 0.263. The van der Waals surface area contributed by atoms with Crippen LogP contribution in [0.3, 0.4) is 0 Å². The zero-order valence-corrected chi connectivity index (χ0v) is 15.9. The average Bonchev–Trinajstić information content (AvgIpc) is 2.63. The van der Waals surface area contributed by atoms with Gasteiger partial charge in [0.15, 0.2) is 6.61 Å². The maximum atomic E-state index is 12.3. The number of ether oxygens (including phenoxy) is 1. The van der Waals surface area contributed by atoms with Gasteiger partial charge in [0.25, 0.3) is 5.91 Å². The third kappa shape index (κ3) is 5.93. The fourth-order valence-electron chi connectivity index (χ4n) is 2.20. The summed E-state index contributed by atoms with van der Waals surface area (Å²) in [5.74, 6) is -1.07. The Morgan fingerprint density at radius 3 is 2.62 bits per heavy atom. The van der Waals surface area contributed by atoms with Crippen LogP contribution in [0.5, 0.6) is 0 Å². The monoisotopic (exact) mass is 394 g/mol. The molecule has 0 fully saturated rings. The molecule has 0 bridgehead atoms. The number of benzene rings is 2. The van der Waals surface area contributed by atoms with E-state index in [2.05, 4.69) is 17.6 Å². The zero-order valence-electron chi connectivity index (χ0n) is 14.4. The van der Waals surface area contributed by atoms with Gasteiger partial charge in [0.2, 0.25) is 0 Å². The van der Waals surface area contributed by atoms with E-state index >= 15 is 0 Å². The molecule has 0 aliphatic rings. The summed E-state index contributed by atoms with van der Waals surface area (Å²) in [5, 5.41) is 6.55. The number of hydrogen-bond donors (Lipinski definition) is 2. The number of anilines is 2. The molecular formula is C19H20Cl2N2O3. The van der Waals surface area contributed by atoms with E-state index in [-0.39, 0.29) is 0 Å². The number of carbonyl (C=O) groups is 2. The fourth-order valence-corrected chi connectivity index (χ4v) is 2.54. The molecule has 0 atom stereocenters. The summed E-state index contributed by atoms with van der Waals surface area (Å²) in [5.41, 5.74) is 1.43. The van der Waals surface area contributed by atoms with Crippen LogP contribution in [0.4, 0.5) is 11.4 Å². The van der Waals surface area contributed by atoms with Crippen molar-refractivity contribution in [3.63, 3.8) is 0 Å². The number of halogens is 2. The van der Waals surface area contributed by atoms with Crippen molar-refractivity contribution in [1.29, 1.82) is 0 Å². The average molecular weight is 395 g/mol. The van der Waals surface area contributed by atoms with E-state index in [4.69, 9.17) is 27.9 Å². The Labute approximate surface area is 162 Å². The molecule has 0 aliphatic carbocycles. The number of carbonyl (C=O) groups excluding carboxylic acids is 2. The number of nitrogens with one attached hydrogen (secondary N) is 2. The summed E-state index contributed by atoms with van der Waals surface area (Å²) >= 11 is 11.9. The van der Waals surface area contributed by atoms with Crippen LogP contribution in [0.15, 0.2) is 42.5 Å². The quantitative estimate of drug-likeness (QED) is 0.488. The highest BCUT2D eigenvalue weighted by Crippen LogP contribution is 2.25. The van der Waals surface area contributed by atoms with Crippen LogP contribution in [0.2, 0.25) is 10.0 Å². The number of unbranched alkanes of at least 4 members (excludes halogenated alkanes) is 1. The molecule has 2 rings (SSSR count). The van der Waals surface area contributed by atoms with Gasteiger partial charge < -0.3 is 15.4 Å². The van der Waals surface area contributed by atoms with Crippen molar-refractivity contribution in [2.45, 2.75) is 19.8 Å². The molecule has 0 aromatic heterocycles. The molecule has 7 heteroatoms. The summed E-state index contributed by atoms with van der Waals surface area (Å²) in [6.45, 7) is 2.42. The topological polar surface area (TPSA) is 67.4 Å². The van der Waals surface area contributed by atoms with Crippen molar-refractivity contribution < 1.29 is 14.3 Å². The lowest BCUT2D eigenvalue weighted by Gasteiger charge is -2.12. The highest BCUT2D eigenvalue weighted by atomic mass is 35.5. The summed E-state index contributed by atoms with van der Waals surface area (Å²) in [6, 6.07) is 11.7. The SMILES string of the molecule is CCCCNc1ccccc1C(=O)OCC(=O)Nc1cc(Cl)ccc1Cl. The van der Waals surface area contributed by atoms with E-state index in [0.29, 0.717) is 27.0 Å². The Balaban J connectivity index is 1.94. The third-order valence-electron chi connectivity index (χ3n) is 3.53. The number of para-hydroxylation sites is 1. The molecule has 2 aromatic carbocycles. The predicted molar refractivity (Wildman–Crippen MR) is 105 cm³/mol. The van der Waals surface area contributed by atoms with Crippen LogP contribution < -0.4 is 10.6 Å². The van der Waals surface area contributed by atoms with E-state index in [0.717, 1.165) is 19.4 Å². The molecule has 1 amide bonds. The molecule has 0 saturated heterocycles. The first-order valence-corrected chi connectivity index (χ1v) is 9.01. The summed E-state index contributed by atoms with van der Waals surface area (Å²) in [7, 11) is 0. The third-order valence-corrected chi connectivity index (χ3v) is 4.09. The Morgan fingerprint density at radius 2 is 1.85 bits per heavy atom. The van der Waals surface area contributed by atoms with E-state index in [1.54, 1.807) is 30.3 Å². The summed E-state index contributed by atoms with van der Waals surface area (Å²) in [6.07, 6.45) is 2.04. The Hall–Kier alpha value is -2.24. The van der Waals surface area contributed by atoms with Crippen molar-refractivity contribution >= 4 is 46.5 Å². The normalized spacial score (nSPS) is 10.3. The Morgan fingerprint density at radius 1 is 1.08 bits per heavy atom. The lowest BCUT2D eigenvalue weighted by atomic mass is 10.1. The molecule has 0 unspecified atom stereocenters. The molecule has 138 valence electrons. The number of rotatable bonds is 8. The Bertz CT molecular complexity index is 781. The Kier molecular flexibility index (Phi) is 7.75. The minimum atomic E-state index is -0.572. The largest absolute Gasteiger partial charge is 0.452 e. The first-order valence-electron chi connectivity index (χ1n) is 8.26. The van der Waals surface area contributed by atoms with Crippen molar-refractivity contribution in [2.75, 3.05) is 23.8 Å². The predicted octanol–water partition coefficient (Wildman–Crippen LogP) is 5.00. The van der Waals surface area contributed by atoms with Crippen molar-refractivity contribution in [3.8, 4) is 0 Å².